The first-order valence-corrected chi connectivity index (χ1v) is 8.90. The highest BCUT2D eigenvalue weighted by molar-refractivity contribution is 5.76. The lowest BCUT2D eigenvalue weighted by Crippen LogP contribution is -2.63. The van der Waals surface area contributed by atoms with Gasteiger partial charge in [-0.25, -0.2) is 0 Å². The lowest BCUT2D eigenvalue weighted by molar-refractivity contribution is -0.140. The molecule has 4 rings (SSSR count). The zero-order valence-electron chi connectivity index (χ0n) is 13.6. The van der Waals surface area contributed by atoms with Crippen molar-refractivity contribution < 1.29 is 9.53 Å². The van der Waals surface area contributed by atoms with Crippen LogP contribution in [0.3, 0.4) is 0 Å². The van der Waals surface area contributed by atoms with Gasteiger partial charge < -0.3 is 9.64 Å². The summed E-state index contributed by atoms with van der Waals surface area (Å²) in [6.07, 6.45) is 7.90. The minimum absolute atomic E-state index is 0.283. The Hall–Kier alpha value is -1.40. The van der Waals surface area contributed by atoms with E-state index in [0.29, 0.717) is 18.5 Å². The molecule has 0 bridgehead atoms. The monoisotopic (exact) mass is 318 g/mol. The van der Waals surface area contributed by atoms with Crippen LogP contribution in [0.2, 0.25) is 0 Å². The van der Waals surface area contributed by atoms with Gasteiger partial charge in [0.25, 0.3) is 0 Å². The van der Waals surface area contributed by atoms with E-state index in [1.54, 1.807) is 6.20 Å². The van der Waals surface area contributed by atoms with Crippen LogP contribution in [0.1, 0.15) is 25.7 Å². The van der Waals surface area contributed by atoms with E-state index in [1.807, 2.05) is 21.8 Å². The highest BCUT2D eigenvalue weighted by Crippen LogP contribution is 2.38. The van der Waals surface area contributed by atoms with E-state index in [1.165, 1.54) is 12.8 Å². The normalized spacial score (nSPS) is 28.6. The third-order valence-corrected chi connectivity index (χ3v) is 5.41. The molecule has 3 heterocycles. The zero-order chi connectivity index (χ0) is 15.6. The fourth-order valence-corrected chi connectivity index (χ4v) is 3.97. The minimum Gasteiger partial charge on any atom is -0.378 e. The van der Waals surface area contributed by atoms with Crippen LogP contribution in [-0.4, -0.2) is 70.4 Å². The minimum atomic E-state index is 0.283. The van der Waals surface area contributed by atoms with Crippen molar-refractivity contribution in [1.82, 2.24) is 19.6 Å². The van der Waals surface area contributed by atoms with Gasteiger partial charge in [0, 0.05) is 51.0 Å². The van der Waals surface area contributed by atoms with Gasteiger partial charge in [-0.15, -0.1) is 0 Å². The number of aryl methyl sites for hydroxylation is 1. The van der Waals surface area contributed by atoms with Crippen LogP contribution in [0.15, 0.2) is 18.5 Å². The van der Waals surface area contributed by atoms with Gasteiger partial charge in [-0.3, -0.25) is 14.4 Å². The molecule has 0 unspecified atom stereocenters. The fraction of sp³-hybridized carbons (Fsp3) is 0.765. The van der Waals surface area contributed by atoms with Crippen molar-refractivity contribution >= 4 is 5.91 Å². The molecule has 2 aliphatic heterocycles. The summed E-state index contributed by atoms with van der Waals surface area (Å²) < 4.78 is 7.71. The van der Waals surface area contributed by atoms with E-state index in [4.69, 9.17) is 4.74 Å². The molecule has 2 saturated heterocycles. The Kier molecular flexibility index (Phi) is 4.35. The second-order valence-electron chi connectivity index (χ2n) is 7.05. The van der Waals surface area contributed by atoms with Crippen LogP contribution in [0, 0.1) is 5.92 Å². The summed E-state index contributed by atoms with van der Waals surface area (Å²) in [5, 5.41) is 4.18. The predicted molar refractivity (Wildman–Crippen MR) is 85.9 cm³/mol. The summed E-state index contributed by atoms with van der Waals surface area (Å²) in [6.45, 7) is 5.21. The van der Waals surface area contributed by atoms with Crippen LogP contribution < -0.4 is 0 Å². The molecule has 3 aliphatic rings. The van der Waals surface area contributed by atoms with E-state index in [-0.39, 0.29) is 5.91 Å². The van der Waals surface area contributed by atoms with E-state index in [2.05, 4.69) is 10.00 Å². The number of ether oxygens (including phenoxy) is 1. The zero-order valence-corrected chi connectivity index (χ0v) is 13.6. The molecule has 1 aliphatic carbocycles. The molecule has 1 amide bonds. The van der Waals surface area contributed by atoms with Crippen molar-refractivity contribution in [3.05, 3.63) is 18.5 Å². The maximum Gasteiger partial charge on any atom is 0.222 e. The van der Waals surface area contributed by atoms with Gasteiger partial charge in [-0.2, -0.15) is 5.10 Å². The Morgan fingerprint density at radius 2 is 2.17 bits per heavy atom. The van der Waals surface area contributed by atoms with Crippen molar-refractivity contribution in [3.8, 4) is 0 Å². The van der Waals surface area contributed by atoms with Crippen molar-refractivity contribution in [2.75, 3.05) is 32.8 Å². The van der Waals surface area contributed by atoms with E-state index in [0.717, 1.165) is 51.7 Å². The van der Waals surface area contributed by atoms with Gasteiger partial charge in [0.05, 0.1) is 19.3 Å². The summed E-state index contributed by atoms with van der Waals surface area (Å²) in [6, 6.07) is 2.92. The molecular formula is C17H26N4O2. The summed E-state index contributed by atoms with van der Waals surface area (Å²) in [5.41, 5.74) is 0. The lowest BCUT2D eigenvalue weighted by atomic mass is 10.0. The second-order valence-corrected chi connectivity index (χ2v) is 7.05. The molecule has 126 valence electrons. The van der Waals surface area contributed by atoms with E-state index in [9.17, 15) is 4.79 Å². The number of nitrogens with zero attached hydrogens (tertiary/aromatic N) is 4. The molecule has 23 heavy (non-hydrogen) atoms. The standard InChI is InChI=1S/C17H26N4O2/c22-17(3-1-7-20-8-2-6-18-20)19-9-10-21-15(11-19)12-23-13-16(21)14-4-5-14/h2,6,8,14-16H,1,3-5,7,9-13H2/t15-,16-/m1/s1. The van der Waals surface area contributed by atoms with Crippen molar-refractivity contribution in [3.63, 3.8) is 0 Å². The SMILES string of the molecule is O=C(CCCn1cccn1)N1CCN2[C@@H](COC[C@@H]2C2CC2)C1. The molecule has 3 fully saturated rings. The number of aromatic nitrogens is 2. The number of carbonyl (C=O) groups is 1. The van der Waals surface area contributed by atoms with Crippen LogP contribution >= 0.6 is 0 Å². The molecule has 6 heteroatoms. The van der Waals surface area contributed by atoms with E-state index < -0.39 is 0 Å². The van der Waals surface area contributed by atoms with E-state index >= 15 is 0 Å². The Balaban J connectivity index is 1.26. The third kappa shape index (κ3) is 3.43. The summed E-state index contributed by atoms with van der Waals surface area (Å²) in [7, 11) is 0. The van der Waals surface area contributed by atoms with Crippen molar-refractivity contribution in [1.29, 1.82) is 0 Å². The average molecular weight is 318 g/mol. The molecule has 0 spiro atoms. The second kappa shape index (κ2) is 6.61. The molecule has 6 nitrogen and oxygen atoms in total. The Morgan fingerprint density at radius 3 is 2.96 bits per heavy atom. The number of amides is 1. The first-order valence-electron chi connectivity index (χ1n) is 8.90. The number of hydrogen-bond donors (Lipinski definition) is 0. The summed E-state index contributed by atoms with van der Waals surface area (Å²) >= 11 is 0. The molecule has 0 aromatic carbocycles. The highest BCUT2D eigenvalue weighted by Gasteiger charge is 2.43. The van der Waals surface area contributed by atoms with Crippen LogP contribution in [0.25, 0.3) is 0 Å². The molecular weight excluding hydrogens is 292 g/mol. The van der Waals surface area contributed by atoms with Gasteiger partial charge in [-0.1, -0.05) is 0 Å². The maximum absolute atomic E-state index is 12.5. The quantitative estimate of drug-likeness (QED) is 0.812. The number of carbonyl (C=O) groups excluding carboxylic acids is 1. The Labute approximate surface area is 137 Å². The smallest absolute Gasteiger partial charge is 0.222 e. The van der Waals surface area contributed by atoms with Crippen LogP contribution in [-0.2, 0) is 16.1 Å². The Bertz CT molecular complexity index is 529. The van der Waals surface area contributed by atoms with Gasteiger partial charge >= 0.3 is 0 Å². The number of fused-ring (bicyclic) bond motifs is 1. The van der Waals surface area contributed by atoms with Crippen LogP contribution in [0.4, 0.5) is 0 Å². The molecule has 1 saturated carbocycles. The van der Waals surface area contributed by atoms with Gasteiger partial charge in [0.1, 0.15) is 0 Å². The summed E-state index contributed by atoms with van der Waals surface area (Å²) in [4.78, 5) is 17.1. The van der Waals surface area contributed by atoms with Crippen molar-refractivity contribution in [2.45, 2.75) is 44.3 Å². The lowest BCUT2D eigenvalue weighted by Gasteiger charge is -2.48. The number of piperazine rings is 1. The first kappa shape index (κ1) is 15.1. The van der Waals surface area contributed by atoms with Gasteiger partial charge in [-0.05, 0) is 31.2 Å². The predicted octanol–water partition coefficient (Wildman–Crippen LogP) is 0.985. The van der Waals surface area contributed by atoms with Crippen LogP contribution in [0.5, 0.6) is 0 Å². The van der Waals surface area contributed by atoms with Crippen molar-refractivity contribution in [2.24, 2.45) is 5.92 Å². The maximum atomic E-state index is 12.5. The topological polar surface area (TPSA) is 50.6 Å². The number of morpholine rings is 1. The first-order chi connectivity index (χ1) is 11.3. The molecule has 1 aromatic rings. The number of rotatable bonds is 5. The highest BCUT2D eigenvalue weighted by atomic mass is 16.5. The molecule has 1 aromatic heterocycles. The fourth-order valence-electron chi connectivity index (χ4n) is 3.97. The average Bonchev–Trinajstić information content (AvgIpc) is 3.30. The molecule has 0 N–H and O–H groups in total. The molecule has 2 atom stereocenters. The Morgan fingerprint density at radius 1 is 1.26 bits per heavy atom. The summed E-state index contributed by atoms with van der Waals surface area (Å²) in [5.74, 6) is 1.12. The van der Waals surface area contributed by atoms with Gasteiger partial charge in [0.2, 0.25) is 5.91 Å². The van der Waals surface area contributed by atoms with Gasteiger partial charge in [0.15, 0.2) is 0 Å². The largest absolute Gasteiger partial charge is 0.378 e. The number of hydrogen-bond acceptors (Lipinski definition) is 4. The third-order valence-electron chi connectivity index (χ3n) is 5.41. The molecule has 0 radical (unpaired) electrons.